The van der Waals surface area contributed by atoms with Crippen LogP contribution in [0.3, 0.4) is 0 Å². The summed E-state index contributed by atoms with van der Waals surface area (Å²) in [6.07, 6.45) is 4.75. The van der Waals surface area contributed by atoms with Gasteiger partial charge in [0.1, 0.15) is 0 Å². The van der Waals surface area contributed by atoms with E-state index in [1.807, 2.05) is 0 Å². The number of carbonyl (C=O) groups is 2. The van der Waals surface area contributed by atoms with Gasteiger partial charge < -0.3 is 16.4 Å². The van der Waals surface area contributed by atoms with Crippen molar-refractivity contribution in [1.29, 1.82) is 0 Å². The lowest BCUT2D eigenvalue weighted by molar-refractivity contribution is -0.122. The van der Waals surface area contributed by atoms with Gasteiger partial charge in [-0.3, -0.25) is 9.59 Å². The summed E-state index contributed by atoms with van der Waals surface area (Å²) in [5.41, 5.74) is 5.32. The van der Waals surface area contributed by atoms with Gasteiger partial charge in [-0.2, -0.15) is 0 Å². The van der Waals surface area contributed by atoms with Crippen molar-refractivity contribution in [2.75, 3.05) is 13.1 Å². The zero-order chi connectivity index (χ0) is 11.8. The minimum absolute atomic E-state index is 0.00710. The molecule has 0 heterocycles. The van der Waals surface area contributed by atoms with Crippen LogP contribution in [-0.4, -0.2) is 30.9 Å². The smallest absolute Gasteiger partial charge is 0.221 e. The molecule has 5 nitrogen and oxygen atoms in total. The van der Waals surface area contributed by atoms with Gasteiger partial charge in [0.25, 0.3) is 0 Å². The molecule has 5 heteroatoms. The largest absolute Gasteiger partial charge is 0.356 e. The predicted octanol–water partition coefficient (Wildman–Crippen LogP) is -0.0997. The van der Waals surface area contributed by atoms with Gasteiger partial charge >= 0.3 is 0 Å². The first kappa shape index (κ1) is 13.0. The molecule has 16 heavy (non-hydrogen) atoms. The molecule has 0 spiro atoms. The van der Waals surface area contributed by atoms with E-state index in [9.17, 15) is 9.59 Å². The van der Waals surface area contributed by atoms with E-state index < -0.39 is 0 Å². The normalized spacial score (nSPS) is 14.6. The van der Waals surface area contributed by atoms with E-state index in [4.69, 9.17) is 5.73 Å². The number of hydrogen-bond acceptors (Lipinski definition) is 3. The van der Waals surface area contributed by atoms with Gasteiger partial charge in [-0.1, -0.05) is 0 Å². The standard InChI is InChI=1S/C11H21N3O2/c12-7-2-1-3-10(15)13-8-6-11(16)14-9-4-5-9/h9H,1-8,12H2,(H,13,15)(H,14,16). The van der Waals surface area contributed by atoms with Crippen LogP contribution in [0.1, 0.15) is 38.5 Å². The Hall–Kier alpha value is -1.10. The summed E-state index contributed by atoms with van der Waals surface area (Å²) in [5.74, 6) is 0.0393. The second-order valence-corrected chi connectivity index (χ2v) is 4.19. The SMILES string of the molecule is NCCCCC(=O)NCCC(=O)NC1CC1. The fourth-order valence-electron chi connectivity index (χ4n) is 1.36. The minimum Gasteiger partial charge on any atom is -0.356 e. The maximum absolute atomic E-state index is 11.3. The summed E-state index contributed by atoms with van der Waals surface area (Å²) < 4.78 is 0. The second kappa shape index (κ2) is 7.22. The predicted molar refractivity (Wildman–Crippen MR) is 61.7 cm³/mol. The highest BCUT2D eigenvalue weighted by atomic mass is 16.2. The molecule has 0 aliphatic heterocycles. The Kier molecular flexibility index (Phi) is 5.85. The number of nitrogens with one attached hydrogen (secondary N) is 2. The molecule has 4 N–H and O–H groups in total. The molecule has 0 aromatic heterocycles. The van der Waals surface area contributed by atoms with E-state index in [2.05, 4.69) is 10.6 Å². The lowest BCUT2D eigenvalue weighted by Gasteiger charge is -2.05. The van der Waals surface area contributed by atoms with Crippen molar-refractivity contribution in [2.24, 2.45) is 5.73 Å². The van der Waals surface area contributed by atoms with Crippen molar-refractivity contribution < 1.29 is 9.59 Å². The van der Waals surface area contributed by atoms with Crippen LogP contribution in [0, 0.1) is 0 Å². The molecule has 92 valence electrons. The van der Waals surface area contributed by atoms with Gasteiger partial charge in [0.15, 0.2) is 0 Å². The van der Waals surface area contributed by atoms with Gasteiger partial charge in [-0.25, -0.2) is 0 Å². The summed E-state index contributed by atoms with van der Waals surface area (Å²) in [6.45, 7) is 1.05. The third kappa shape index (κ3) is 6.40. The van der Waals surface area contributed by atoms with Crippen molar-refractivity contribution in [3.05, 3.63) is 0 Å². The first-order valence-corrected chi connectivity index (χ1v) is 5.98. The Labute approximate surface area is 96.1 Å². The van der Waals surface area contributed by atoms with Gasteiger partial charge in [0.05, 0.1) is 0 Å². The van der Waals surface area contributed by atoms with Crippen molar-refractivity contribution in [3.8, 4) is 0 Å². The average molecular weight is 227 g/mol. The average Bonchev–Trinajstić information content (AvgIpc) is 3.02. The quantitative estimate of drug-likeness (QED) is 0.506. The van der Waals surface area contributed by atoms with Crippen LogP contribution < -0.4 is 16.4 Å². The molecule has 0 atom stereocenters. The Bertz CT molecular complexity index is 239. The molecule has 0 unspecified atom stereocenters. The third-order valence-corrected chi connectivity index (χ3v) is 2.47. The van der Waals surface area contributed by atoms with Crippen LogP contribution in [-0.2, 0) is 9.59 Å². The van der Waals surface area contributed by atoms with Gasteiger partial charge in [-0.05, 0) is 32.2 Å². The fraction of sp³-hybridized carbons (Fsp3) is 0.818. The molecule has 0 radical (unpaired) electrons. The van der Waals surface area contributed by atoms with Gasteiger partial charge in [0.2, 0.25) is 11.8 Å². The molecule has 1 saturated carbocycles. The zero-order valence-electron chi connectivity index (χ0n) is 9.63. The van der Waals surface area contributed by atoms with Gasteiger partial charge in [0, 0.05) is 25.4 Å². The van der Waals surface area contributed by atoms with Crippen molar-refractivity contribution in [1.82, 2.24) is 10.6 Å². The van der Waals surface area contributed by atoms with Crippen LogP contribution in [0.25, 0.3) is 0 Å². The van der Waals surface area contributed by atoms with Gasteiger partial charge in [-0.15, -0.1) is 0 Å². The Morgan fingerprint density at radius 3 is 2.50 bits per heavy atom. The van der Waals surface area contributed by atoms with E-state index in [1.54, 1.807) is 0 Å². The highest BCUT2D eigenvalue weighted by molar-refractivity contribution is 5.79. The first-order valence-electron chi connectivity index (χ1n) is 5.98. The number of rotatable bonds is 8. The molecule has 0 saturated heterocycles. The van der Waals surface area contributed by atoms with E-state index in [0.29, 0.717) is 32.0 Å². The third-order valence-electron chi connectivity index (χ3n) is 2.47. The second-order valence-electron chi connectivity index (χ2n) is 4.19. The van der Waals surface area contributed by atoms with Crippen molar-refractivity contribution in [3.63, 3.8) is 0 Å². The molecule has 1 fully saturated rings. The van der Waals surface area contributed by atoms with E-state index >= 15 is 0 Å². The number of hydrogen-bond donors (Lipinski definition) is 3. The van der Waals surface area contributed by atoms with Crippen LogP contribution >= 0.6 is 0 Å². The van der Waals surface area contributed by atoms with Crippen molar-refractivity contribution >= 4 is 11.8 Å². The summed E-state index contributed by atoms with van der Waals surface area (Å²) >= 11 is 0. The van der Waals surface area contributed by atoms with Crippen molar-refractivity contribution in [2.45, 2.75) is 44.6 Å². The summed E-state index contributed by atoms with van der Waals surface area (Å²) in [5, 5.41) is 5.60. The molecule has 1 aliphatic rings. The number of carbonyl (C=O) groups excluding carboxylic acids is 2. The van der Waals surface area contributed by atoms with Crippen LogP contribution in [0.15, 0.2) is 0 Å². The van der Waals surface area contributed by atoms with Crippen LogP contribution in [0.4, 0.5) is 0 Å². The summed E-state index contributed by atoms with van der Waals surface area (Å²) in [6, 6.07) is 0.396. The molecule has 0 aromatic rings. The maximum atomic E-state index is 11.3. The van der Waals surface area contributed by atoms with E-state index in [1.165, 1.54) is 0 Å². The molecule has 0 aromatic carbocycles. The lowest BCUT2D eigenvalue weighted by Crippen LogP contribution is -2.31. The van der Waals surface area contributed by atoms with Crippen LogP contribution in [0.5, 0.6) is 0 Å². The highest BCUT2D eigenvalue weighted by Gasteiger charge is 2.22. The van der Waals surface area contributed by atoms with Crippen LogP contribution in [0.2, 0.25) is 0 Å². The molecule has 0 bridgehead atoms. The Balaban J connectivity index is 1.92. The molecular formula is C11H21N3O2. The van der Waals surface area contributed by atoms with E-state index in [0.717, 1.165) is 25.7 Å². The molecule has 1 rings (SSSR count). The number of amides is 2. The topological polar surface area (TPSA) is 84.2 Å². The minimum atomic E-state index is 0.00710. The Morgan fingerprint density at radius 1 is 1.12 bits per heavy atom. The monoisotopic (exact) mass is 227 g/mol. The summed E-state index contributed by atoms with van der Waals surface area (Å²) in [4.78, 5) is 22.5. The fourth-order valence-corrected chi connectivity index (χ4v) is 1.36. The first-order chi connectivity index (χ1) is 7.72. The molecule has 2 amide bonds. The lowest BCUT2D eigenvalue weighted by atomic mass is 10.2. The van der Waals surface area contributed by atoms with E-state index in [-0.39, 0.29) is 11.8 Å². The highest BCUT2D eigenvalue weighted by Crippen LogP contribution is 2.18. The molecular weight excluding hydrogens is 206 g/mol. The molecule has 1 aliphatic carbocycles. The zero-order valence-corrected chi connectivity index (χ0v) is 9.63. The maximum Gasteiger partial charge on any atom is 0.221 e. The summed E-state index contributed by atoms with van der Waals surface area (Å²) in [7, 11) is 0. The number of unbranched alkanes of at least 4 members (excludes halogenated alkanes) is 1. The number of nitrogens with two attached hydrogens (primary N) is 1. The Morgan fingerprint density at radius 2 is 1.88 bits per heavy atom.